The van der Waals surface area contributed by atoms with Crippen molar-refractivity contribution in [1.29, 1.82) is 0 Å². The normalized spacial score (nSPS) is 20.6. The lowest BCUT2D eigenvalue weighted by Gasteiger charge is -2.40. The smallest absolute Gasteiger partial charge is 0.226 e. The number of imidazole rings is 1. The minimum absolute atomic E-state index is 0.113. The van der Waals surface area contributed by atoms with Crippen molar-refractivity contribution >= 4 is 17.3 Å². The van der Waals surface area contributed by atoms with Gasteiger partial charge in [-0.15, -0.1) is 0 Å². The van der Waals surface area contributed by atoms with E-state index in [0.29, 0.717) is 6.42 Å². The molecular formula is C26H31N5O2. The maximum absolute atomic E-state index is 12.6. The second-order valence-electron chi connectivity index (χ2n) is 8.91. The van der Waals surface area contributed by atoms with E-state index in [1.807, 2.05) is 54.3 Å². The van der Waals surface area contributed by atoms with Crippen LogP contribution in [0.5, 0.6) is 0 Å². The zero-order valence-electron chi connectivity index (χ0n) is 19.2. The van der Waals surface area contributed by atoms with Gasteiger partial charge in [0, 0.05) is 36.9 Å². The number of anilines is 2. The number of aliphatic hydroxyl groups is 1. The van der Waals surface area contributed by atoms with Gasteiger partial charge in [-0.3, -0.25) is 4.79 Å². The lowest BCUT2D eigenvalue weighted by molar-refractivity contribution is -0.118. The van der Waals surface area contributed by atoms with Crippen LogP contribution in [0.4, 0.5) is 11.4 Å². The van der Waals surface area contributed by atoms with Crippen LogP contribution < -0.4 is 15.5 Å². The molecule has 0 fully saturated rings. The van der Waals surface area contributed by atoms with Crippen molar-refractivity contribution < 1.29 is 9.90 Å². The number of benzene rings is 2. The summed E-state index contributed by atoms with van der Waals surface area (Å²) in [5.74, 6) is 1.12. The van der Waals surface area contributed by atoms with Crippen molar-refractivity contribution in [3.8, 4) is 0 Å². The van der Waals surface area contributed by atoms with E-state index >= 15 is 0 Å². The fourth-order valence-corrected chi connectivity index (χ4v) is 5.07. The molecule has 0 spiro atoms. The number of carbonyl (C=O) groups is 1. The molecule has 3 N–H and O–H groups in total. The molecule has 7 nitrogen and oxygen atoms in total. The Balaban J connectivity index is 1.35. The molecule has 0 bridgehead atoms. The molecule has 2 aliphatic rings. The Morgan fingerprint density at radius 3 is 2.82 bits per heavy atom. The number of carbonyl (C=O) groups excluding carboxylic acids is 1. The topological polar surface area (TPSA) is 82.4 Å². The van der Waals surface area contributed by atoms with E-state index in [1.54, 1.807) is 6.20 Å². The average Bonchev–Trinajstić information content (AvgIpc) is 3.28. The van der Waals surface area contributed by atoms with Crippen LogP contribution in [-0.2, 0) is 17.9 Å². The van der Waals surface area contributed by atoms with Gasteiger partial charge in [0.15, 0.2) is 0 Å². The van der Waals surface area contributed by atoms with Gasteiger partial charge >= 0.3 is 0 Å². The maximum Gasteiger partial charge on any atom is 0.226 e. The zero-order valence-corrected chi connectivity index (χ0v) is 19.2. The van der Waals surface area contributed by atoms with Gasteiger partial charge in [-0.05, 0) is 42.7 Å². The Labute approximate surface area is 194 Å². The summed E-state index contributed by atoms with van der Waals surface area (Å²) in [6.45, 7) is 6.46. The van der Waals surface area contributed by atoms with Gasteiger partial charge in [0.2, 0.25) is 5.91 Å². The average molecular weight is 446 g/mol. The van der Waals surface area contributed by atoms with Crippen LogP contribution in [0.2, 0.25) is 0 Å². The molecule has 1 amide bonds. The van der Waals surface area contributed by atoms with Crippen molar-refractivity contribution in [1.82, 2.24) is 14.9 Å². The van der Waals surface area contributed by atoms with Crippen molar-refractivity contribution in [2.45, 2.75) is 58.0 Å². The fraction of sp³-hybridized carbons (Fsp3) is 0.385. The van der Waals surface area contributed by atoms with Gasteiger partial charge in [-0.2, -0.15) is 0 Å². The van der Waals surface area contributed by atoms with Crippen LogP contribution >= 0.6 is 0 Å². The summed E-state index contributed by atoms with van der Waals surface area (Å²) in [7, 11) is 0. The maximum atomic E-state index is 12.6. The van der Waals surface area contributed by atoms with Crippen LogP contribution in [0.25, 0.3) is 0 Å². The summed E-state index contributed by atoms with van der Waals surface area (Å²) in [5.41, 5.74) is 4.81. The number of fused-ring (bicyclic) bond motifs is 2. The quantitative estimate of drug-likeness (QED) is 0.557. The number of aromatic nitrogens is 2. The first-order valence-corrected chi connectivity index (χ1v) is 11.8. The van der Waals surface area contributed by atoms with Gasteiger partial charge in [-0.1, -0.05) is 37.3 Å². The molecule has 0 radical (unpaired) electrons. The molecule has 0 saturated heterocycles. The Hall–Kier alpha value is -3.16. The molecule has 33 heavy (non-hydrogen) atoms. The molecule has 3 heterocycles. The molecule has 3 aromatic rings. The third kappa shape index (κ3) is 4.03. The third-order valence-electron chi connectivity index (χ3n) is 6.77. The lowest BCUT2D eigenvalue weighted by Crippen LogP contribution is -2.44. The monoisotopic (exact) mass is 445 g/mol. The Morgan fingerprint density at radius 2 is 2.03 bits per heavy atom. The summed E-state index contributed by atoms with van der Waals surface area (Å²) in [6.07, 6.45) is 2.41. The van der Waals surface area contributed by atoms with E-state index in [-0.39, 0.29) is 18.0 Å². The number of rotatable bonds is 5. The number of para-hydroxylation sites is 1. The molecule has 172 valence electrons. The van der Waals surface area contributed by atoms with E-state index in [4.69, 9.17) is 0 Å². The van der Waals surface area contributed by atoms with Crippen molar-refractivity contribution in [2.75, 3.05) is 16.8 Å². The molecule has 0 saturated carbocycles. The molecule has 0 aliphatic carbocycles. The van der Waals surface area contributed by atoms with Crippen molar-refractivity contribution in [3.05, 3.63) is 77.4 Å². The van der Waals surface area contributed by atoms with Crippen LogP contribution in [0, 0.1) is 0 Å². The van der Waals surface area contributed by atoms with Crippen LogP contribution in [0.3, 0.4) is 0 Å². The van der Waals surface area contributed by atoms with Gasteiger partial charge in [0.1, 0.15) is 11.9 Å². The third-order valence-corrected chi connectivity index (χ3v) is 6.77. The molecule has 1 unspecified atom stereocenters. The number of amides is 1. The van der Waals surface area contributed by atoms with E-state index in [1.165, 1.54) is 0 Å². The van der Waals surface area contributed by atoms with Crippen LogP contribution in [0.15, 0.2) is 54.7 Å². The summed E-state index contributed by atoms with van der Waals surface area (Å²) in [6, 6.07) is 16.4. The number of nitrogens with one attached hydrogen (secondary N) is 2. The molecule has 2 aliphatic heterocycles. The van der Waals surface area contributed by atoms with E-state index in [2.05, 4.69) is 33.2 Å². The SMILES string of the molecule is CCC(=O)N1c2ccccc2[C@H](Nc2ccc(C(O)c3cnc4n3CCNC4)cc2)C[C@@H]1C. The van der Waals surface area contributed by atoms with E-state index in [9.17, 15) is 9.90 Å². The van der Waals surface area contributed by atoms with Gasteiger partial charge in [0.05, 0.1) is 24.5 Å². The highest BCUT2D eigenvalue weighted by molar-refractivity contribution is 5.95. The molecule has 3 atom stereocenters. The standard InChI is InChI=1S/C26H31N5O2/c1-3-25(32)31-17(2)14-21(20-6-4-5-7-22(20)31)29-19-10-8-18(9-11-19)26(33)23-15-28-24-16-27-12-13-30(23)24/h4-11,15,17,21,26-27,29,33H,3,12-14,16H2,1-2H3/t17-,21+,26?/m0/s1. The van der Waals surface area contributed by atoms with Gasteiger partial charge < -0.3 is 25.2 Å². The minimum Gasteiger partial charge on any atom is -0.382 e. The highest BCUT2D eigenvalue weighted by Crippen LogP contribution is 2.39. The molecule has 7 heteroatoms. The van der Waals surface area contributed by atoms with Gasteiger partial charge in [-0.25, -0.2) is 4.98 Å². The van der Waals surface area contributed by atoms with E-state index < -0.39 is 6.10 Å². The zero-order chi connectivity index (χ0) is 22.9. The Bertz CT molecular complexity index is 1140. The molecule has 5 rings (SSSR count). The second-order valence-corrected chi connectivity index (χ2v) is 8.91. The predicted molar refractivity (Wildman–Crippen MR) is 129 cm³/mol. The lowest BCUT2D eigenvalue weighted by atomic mass is 9.91. The fourth-order valence-electron chi connectivity index (χ4n) is 5.07. The second kappa shape index (κ2) is 9.00. The summed E-state index contributed by atoms with van der Waals surface area (Å²) in [5, 5.41) is 17.9. The highest BCUT2D eigenvalue weighted by Gasteiger charge is 2.32. The number of hydrogen-bond acceptors (Lipinski definition) is 5. The summed E-state index contributed by atoms with van der Waals surface area (Å²) in [4.78, 5) is 19.0. The largest absolute Gasteiger partial charge is 0.382 e. The Morgan fingerprint density at radius 1 is 1.24 bits per heavy atom. The first-order chi connectivity index (χ1) is 16.1. The number of nitrogens with zero attached hydrogens (tertiary/aromatic N) is 3. The first-order valence-electron chi connectivity index (χ1n) is 11.8. The molecule has 1 aromatic heterocycles. The van der Waals surface area contributed by atoms with E-state index in [0.717, 1.165) is 60.1 Å². The summed E-state index contributed by atoms with van der Waals surface area (Å²) < 4.78 is 2.11. The first kappa shape index (κ1) is 21.7. The highest BCUT2D eigenvalue weighted by atomic mass is 16.3. The van der Waals surface area contributed by atoms with Crippen molar-refractivity contribution in [2.24, 2.45) is 0 Å². The van der Waals surface area contributed by atoms with Gasteiger partial charge in [0.25, 0.3) is 0 Å². The van der Waals surface area contributed by atoms with Crippen LogP contribution in [-0.4, -0.2) is 33.2 Å². The number of hydrogen-bond donors (Lipinski definition) is 3. The number of aliphatic hydroxyl groups excluding tert-OH is 1. The Kier molecular flexibility index (Phi) is 5.91. The summed E-state index contributed by atoms with van der Waals surface area (Å²) >= 11 is 0. The molecular weight excluding hydrogens is 414 g/mol. The molecule has 2 aromatic carbocycles. The minimum atomic E-state index is -0.706. The van der Waals surface area contributed by atoms with Crippen molar-refractivity contribution in [3.63, 3.8) is 0 Å². The predicted octanol–water partition coefficient (Wildman–Crippen LogP) is 3.76. The van der Waals surface area contributed by atoms with Crippen LogP contribution in [0.1, 0.15) is 61.5 Å².